The molecule has 4 heteroatoms. The van der Waals surface area contributed by atoms with Crippen molar-refractivity contribution in [3.63, 3.8) is 0 Å². The Hall–Kier alpha value is -10.3. The topological polar surface area (TPSA) is 3.24 Å². The van der Waals surface area contributed by atoms with Gasteiger partial charge in [-0.3, -0.25) is 0 Å². The average Bonchev–Trinajstić information content (AvgIpc) is 1.64. The minimum atomic E-state index is -0.725. The fourth-order valence-corrected chi connectivity index (χ4v) is 16.6. The van der Waals surface area contributed by atoms with Crippen molar-refractivity contribution in [2.45, 2.75) is 29.1 Å². The summed E-state index contributed by atoms with van der Waals surface area (Å²) in [6.07, 6.45) is 13.5. The number of allylic oxidation sites excluding steroid dienone is 7. The number of halogens is 3. The highest BCUT2D eigenvalue weighted by Crippen LogP contribution is 2.67. The van der Waals surface area contributed by atoms with Gasteiger partial charge in [-0.15, -0.1) is 0 Å². The largest absolute Gasteiger partial charge is 0.311 e. The monoisotopic (exact) mass is 1090 g/mol. The maximum atomic E-state index is 15.7. The third kappa shape index (κ3) is 6.33. The van der Waals surface area contributed by atoms with Crippen molar-refractivity contribution in [3.05, 3.63) is 367 Å². The summed E-state index contributed by atoms with van der Waals surface area (Å²) in [6.45, 7) is 0. The highest BCUT2D eigenvalue weighted by atomic mass is 19.1. The smallest absolute Gasteiger partial charge is 0.123 e. The highest BCUT2D eigenvalue weighted by molar-refractivity contribution is 6.10. The van der Waals surface area contributed by atoms with Crippen LogP contribution in [0.5, 0.6) is 0 Å². The molecule has 7 aliphatic rings. The predicted molar refractivity (Wildman–Crippen MR) is 340 cm³/mol. The van der Waals surface area contributed by atoms with Crippen LogP contribution in [-0.2, 0) is 16.2 Å². The van der Waals surface area contributed by atoms with Gasteiger partial charge in [0.05, 0.1) is 16.2 Å². The second kappa shape index (κ2) is 17.6. The van der Waals surface area contributed by atoms with E-state index in [1.807, 2.05) is 18.2 Å². The highest BCUT2D eigenvalue weighted by Gasteiger charge is 2.55. The van der Waals surface area contributed by atoms with Gasteiger partial charge in [-0.25, -0.2) is 13.2 Å². The first-order valence-electron chi connectivity index (χ1n) is 29.4. The summed E-state index contributed by atoms with van der Waals surface area (Å²) in [7, 11) is 0. The Balaban J connectivity index is 0.792. The Morgan fingerprint density at radius 2 is 0.576 bits per heavy atom. The first-order valence-corrected chi connectivity index (χ1v) is 29.4. The fraction of sp³-hybridized carbons (Fsp3) is 0.0617. The Labute approximate surface area is 491 Å². The molecule has 0 heterocycles. The van der Waals surface area contributed by atoms with E-state index in [0.717, 1.165) is 141 Å². The van der Waals surface area contributed by atoms with Crippen LogP contribution in [0.15, 0.2) is 266 Å². The minimum Gasteiger partial charge on any atom is -0.311 e. The maximum absolute atomic E-state index is 15.7. The van der Waals surface area contributed by atoms with Crippen LogP contribution in [0.2, 0.25) is 0 Å². The molecule has 11 aromatic carbocycles. The lowest BCUT2D eigenvalue weighted by Gasteiger charge is -2.34. The first kappa shape index (κ1) is 48.3. The van der Waals surface area contributed by atoms with Gasteiger partial charge in [-0.2, -0.15) is 0 Å². The molecular weight excluding hydrogens is 1040 g/mol. The van der Waals surface area contributed by atoms with Gasteiger partial charge in [-0.1, -0.05) is 188 Å². The van der Waals surface area contributed by atoms with E-state index in [9.17, 15) is 0 Å². The van der Waals surface area contributed by atoms with Crippen LogP contribution in [0.3, 0.4) is 0 Å². The van der Waals surface area contributed by atoms with Crippen LogP contribution in [-0.4, -0.2) is 0 Å². The lowest BCUT2D eigenvalue weighted by molar-refractivity contribution is 0.622. The van der Waals surface area contributed by atoms with Crippen molar-refractivity contribution in [1.82, 2.24) is 0 Å². The molecule has 7 aliphatic carbocycles. The average molecular weight is 1090 g/mol. The molecule has 18 rings (SSSR count). The number of nitrogens with zero attached hydrogens (tertiary/aromatic N) is 1. The Morgan fingerprint density at radius 3 is 0.953 bits per heavy atom. The van der Waals surface area contributed by atoms with E-state index in [-0.39, 0.29) is 17.5 Å². The molecule has 0 radical (unpaired) electrons. The molecule has 0 aliphatic heterocycles. The van der Waals surface area contributed by atoms with Crippen LogP contribution in [0.1, 0.15) is 96.3 Å². The fourth-order valence-electron chi connectivity index (χ4n) is 16.6. The van der Waals surface area contributed by atoms with Gasteiger partial charge >= 0.3 is 0 Å². The van der Waals surface area contributed by atoms with Gasteiger partial charge in [0.25, 0.3) is 0 Å². The van der Waals surface area contributed by atoms with Gasteiger partial charge in [0.15, 0.2) is 0 Å². The zero-order valence-corrected chi connectivity index (χ0v) is 46.1. The van der Waals surface area contributed by atoms with Crippen molar-refractivity contribution in [1.29, 1.82) is 0 Å². The number of rotatable bonds is 6. The minimum absolute atomic E-state index is 0.242. The van der Waals surface area contributed by atoms with Crippen LogP contribution in [0.4, 0.5) is 30.2 Å². The lowest BCUT2D eigenvalue weighted by Crippen LogP contribution is -2.27. The van der Waals surface area contributed by atoms with Gasteiger partial charge in [0.1, 0.15) is 17.5 Å². The normalized spacial score (nSPS) is 17.6. The molecule has 11 aromatic rings. The van der Waals surface area contributed by atoms with E-state index < -0.39 is 16.2 Å². The molecule has 3 spiro atoms. The van der Waals surface area contributed by atoms with E-state index in [1.54, 1.807) is 36.4 Å². The standard InChI is InChI=1S/C81H50F3N/c82-55-34-25-52-43-73(79(76(52)46-55)67-19-7-1-13-61(67)62-14-2-8-20-68(62)79)49-28-37-58(38-29-49)85(59-39-30-50(31-40-59)74-44-53-26-35-56(83)47-77(53)80(74)69-21-9-3-15-63(69)64-16-4-10-22-70(64)80)60-41-32-51(33-42-60)75-45-54-27-36-57(84)48-78(54)81(75)71-23-11-5-17-65(71)66-18-6-12-24-72(66)81/h1-5,7-11,13-48H,6,12H2. The van der Waals surface area contributed by atoms with E-state index >= 15 is 13.2 Å². The second-order valence-electron chi connectivity index (χ2n) is 23.6. The van der Waals surface area contributed by atoms with Gasteiger partial charge in [0, 0.05) is 17.1 Å². The van der Waals surface area contributed by atoms with Crippen LogP contribution >= 0.6 is 0 Å². The molecule has 1 unspecified atom stereocenters. The lowest BCUT2D eigenvalue weighted by atomic mass is 9.67. The summed E-state index contributed by atoms with van der Waals surface area (Å²) in [6, 6.07) is 85.5. The number of hydrogen-bond acceptors (Lipinski definition) is 1. The van der Waals surface area contributed by atoms with Crippen LogP contribution in [0, 0.1) is 17.5 Å². The summed E-state index contributed by atoms with van der Waals surface area (Å²) < 4.78 is 47.0. The molecule has 0 amide bonds. The number of hydrogen-bond donors (Lipinski definition) is 0. The predicted octanol–water partition coefficient (Wildman–Crippen LogP) is 20.3. The molecule has 0 saturated heterocycles. The Morgan fingerprint density at radius 1 is 0.271 bits per heavy atom. The molecule has 0 N–H and O–H groups in total. The molecule has 0 bridgehead atoms. The zero-order valence-electron chi connectivity index (χ0n) is 46.1. The number of benzene rings is 11. The first-order chi connectivity index (χ1) is 41.8. The number of fused-ring (bicyclic) bond motifs is 21. The molecule has 1 atom stereocenters. The number of anilines is 3. The summed E-state index contributed by atoms with van der Waals surface area (Å²) in [4.78, 5) is 2.32. The third-order valence-electron chi connectivity index (χ3n) is 19.8. The summed E-state index contributed by atoms with van der Waals surface area (Å²) in [5, 5.41) is 0. The second-order valence-corrected chi connectivity index (χ2v) is 23.6. The molecule has 85 heavy (non-hydrogen) atoms. The van der Waals surface area contributed by atoms with Crippen LogP contribution < -0.4 is 4.90 Å². The van der Waals surface area contributed by atoms with Crippen molar-refractivity contribution < 1.29 is 13.2 Å². The molecule has 0 aromatic heterocycles. The zero-order chi connectivity index (χ0) is 56.3. The summed E-state index contributed by atoms with van der Waals surface area (Å²) >= 11 is 0. The third-order valence-corrected chi connectivity index (χ3v) is 19.8. The van der Waals surface area contributed by atoms with Crippen molar-refractivity contribution in [2.75, 3.05) is 4.90 Å². The van der Waals surface area contributed by atoms with E-state index in [4.69, 9.17) is 0 Å². The summed E-state index contributed by atoms with van der Waals surface area (Å²) in [5.74, 6) is -0.757. The molecular formula is C81H50F3N. The van der Waals surface area contributed by atoms with Crippen molar-refractivity contribution in [3.8, 4) is 22.3 Å². The molecule has 0 saturated carbocycles. The van der Waals surface area contributed by atoms with Gasteiger partial charge in [0.2, 0.25) is 0 Å². The Bertz CT molecular complexity index is 4610. The molecule has 400 valence electrons. The SMILES string of the molecule is Fc1ccc2c(c1)C1(C3=CCCC=C3c3ccccc31)C(c1ccc(N(c3ccc(C4=Cc5ccc(F)cc5C45c4ccccc4-c4ccccc45)cc3)c3ccc(C4=Cc5ccc(F)cc5C45c4ccccc4-c4ccccc45)cc3)cc1)=C2. The molecule has 0 fully saturated rings. The Kier molecular flexibility index (Phi) is 10.0. The van der Waals surface area contributed by atoms with Crippen molar-refractivity contribution in [2.24, 2.45) is 0 Å². The van der Waals surface area contributed by atoms with E-state index in [0.29, 0.717) is 0 Å². The maximum Gasteiger partial charge on any atom is 0.123 e. The van der Waals surface area contributed by atoms with E-state index in [1.165, 1.54) is 22.3 Å². The van der Waals surface area contributed by atoms with Crippen LogP contribution in [0.25, 0.3) is 62.8 Å². The van der Waals surface area contributed by atoms with Gasteiger partial charge in [-0.05, 0) is 237 Å². The van der Waals surface area contributed by atoms with Gasteiger partial charge < -0.3 is 4.90 Å². The van der Waals surface area contributed by atoms with E-state index in [2.05, 4.69) is 229 Å². The summed E-state index contributed by atoms with van der Waals surface area (Å²) in [5.41, 5.74) is 27.2. The van der Waals surface area contributed by atoms with Crippen molar-refractivity contribution >= 4 is 57.6 Å². The quantitative estimate of drug-likeness (QED) is 0.160. The molecule has 1 nitrogen and oxygen atoms in total.